The van der Waals surface area contributed by atoms with Crippen molar-refractivity contribution >= 4 is 21.7 Å². The molecule has 2 aliphatic heterocycles. The Morgan fingerprint density at radius 1 is 0.786 bits per heavy atom. The van der Waals surface area contributed by atoms with E-state index in [2.05, 4.69) is 20.0 Å². The number of piperazine rings is 1. The summed E-state index contributed by atoms with van der Waals surface area (Å²) in [5.74, 6) is 1.69. The molecule has 150 valence electrons. The highest BCUT2D eigenvalue weighted by atomic mass is 32.2. The van der Waals surface area contributed by atoms with Crippen LogP contribution in [-0.2, 0) is 20.5 Å². The van der Waals surface area contributed by atoms with Crippen LogP contribution in [0.2, 0.25) is 0 Å². The Morgan fingerprint density at radius 2 is 1.36 bits per heavy atom. The first-order chi connectivity index (χ1) is 13.6. The summed E-state index contributed by atoms with van der Waals surface area (Å²) in [6.07, 6.45) is 0. The molecule has 9 heteroatoms. The van der Waals surface area contributed by atoms with E-state index in [1.54, 1.807) is 4.31 Å². The van der Waals surface area contributed by atoms with Crippen LogP contribution in [0.1, 0.15) is 5.56 Å². The Balaban J connectivity index is 1.34. The van der Waals surface area contributed by atoms with Gasteiger partial charge in [0.1, 0.15) is 0 Å². The molecule has 4 rings (SSSR count). The number of aromatic nitrogens is 2. The first-order valence-corrected chi connectivity index (χ1v) is 11.2. The van der Waals surface area contributed by atoms with Crippen LogP contribution in [-0.4, -0.2) is 75.4 Å². The Morgan fingerprint density at radius 3 is 1.93 bits per heavy atom. The predicted molar refractivity (Wildman–Crippen MR) is 108 cm³/mol. The normalized spacial score (nSPS) is 19.0. The summed E-state index contributed by atoms with van der Waals surface area (Å²) in [5, 5.41) is 8.71. The van der Waals surface area contributed by atoms with Gasteiger partial charge in [0.2, 0.25) is 10.0 Å². The number of benzene rings is 1. The van der Waals surface area contributed by atoms with Gasteiger partial charge in [0, 0.05) is 39.3 Å². The second-order valence-electron chi connectivity index (χ2n) is 6.98. The lowest BCUT2D eigenvalue weighted by molar-refractivity contribution is 0.122. The van der Waals surface area contributed by atoms with E-state index < -0.39 is 10.0 Å². The van der Waals surface area contributed by atoms with Crippen molar-refractivity contribution in [2.24, 2.45) is 0 Å². The molecule has 0 amide bonds. The van der Waals surface area contributed by atoms with E-state index in [4.69, 9.17) is 4.74 Å². The number of sulfonamides is 1. The van der Waals surface area contributed by atoms with Gasteiger partial charge in [-0.3, -0.25) is 0 Å². The minimum Gasteiger partial charge on any atom is -0.378 e. The van der Waals surface area contributed by atoms with E-state index in [1.165, 1.54) is 0 Å². The molecule has 0 unspecified atom stereocenters. The topological polar surface area (TPSA) is 78.9 Å². The lowest BCUT2D eigenvalue weighted by Crippen LogP contribution is -2.49. The summed E-state index contributed by atoms with van der Waals surface area (Å²) >= 11 is 0. The maximum atomic E-state index is 12.7. The third-order valence-corrected chi connectivity index (χ3v) is 6.97. The van der Waals surface area contributed by atoms with E-state index in [0.29, 0.717) is 39.4 Å². The van der Waals surface area contributed by atoms with Gasteiger partial charge < -0.3 is 14.5 Å². The summed E-state index contributed by atoms with van der Waals surface area (Å²) in [5.41, 5.74) is 0.814. The molecule has 0 spiro atoms. The van der Waals surface area contributed by atoms with Gasteiger partial charge in [-0.2, -0.15) is 4.31 Å². The zero-order valence-corrected chi connectivity index (χ0v) is 16.6. The highest BCUT2D eigenvalue weighted by Gasteiger charge is 2.27. The molecule has 3 heterocycles. The molecule has 2 aliphatic rings. The maximum Gasteiger partial charge on any atom is 0.218 e. The molecule has 0 aliphatic carbocycles. The first-order valence-electron chi connectivity index (χ1n) is 9.55. The molecule has 2 saturated heterocycles. The SMILES string of the molecule is O=S(=O)(Cc1ccccc1)N1CCN(c2ccc(N3CCOCC3)nn2)CC1. The van der Waals surface area contributed by atoms with Gasteiger partial charge in [0.15, 0.2) is 11.6 Å². The lowest BCUT2D eigenvalue weighted by Gasteiger charge is -2.34. The van der Waals surface area contributed by atoms with Gasteiger partial charge in [-0.05, 0) is 17.7 Å². The Bertz CT molecular complexity index is 862. The Kier molecular flexibility index (Phi) is 5.74. The number of anilines is 2. The molecule has 2 fully saturated rings. The van der Waals surface area contributed by atoms with Crippen molar-refractivity contribution in [1.82, 2.24) is 14.5 Å². The summed E-state index contributed by atoms with van der Waals surface area (Å²) in [4.78, 5) is 4.25. The quantitative estimate of drug-likeness (QED) is 0.736. The average molecular weight is 404 g/mol. The summed E-state index contributed by atoms with van der Waals surface area (Å²) in [7, 11) is -3.31. The number of rotatable bonds is 5. The second kappa shape index (κ2) is 8.42. The van der Waals surface area contributed by atoms with Crippen molar-refractivity contribution in [2.75, 3.05) is 62.3 Å². The van der Waals surface area contributed by atoms with E-state index >= 15 is 0 Å². The zero-order valence-electron chi connectivity index (χ0n) is 15.8. The highest BCUT2D eigenvalue weighted by molar-refractivity contribution is 7.88. The second-order valence-corrected chi connectivity index (χ2v) is 8.95. The van der Waals surface area contributed by atoms with Gasteiger partial charge >= 0.3 is 0 Å². The van der Waals surface area contributed by atoms with Crippen LogP contribution in [0, 0.1) is 0 Å². The van der Waals surface area contributed by atoms with Gasteiger partial charge in [-0.15, -0.1) is 10.2 Å². The van der Waals surface area contributed by atoms with Crippen LogP contribution in [0.4, 0.5) is 11.6 Å². The molecule has 2 aromatic rings. The fourth-order valence-corrected chi connectivity index (χ4v) is 5.04. The number of hydrogen-bond acceptors (Lipinski definition) is 7. The van der Waals surface area contributed by atoms with Crippen LogP contribution < -0.4 is 9.80 Å². The van der Waals surface area contributed by atoms with E-state index in [-0.39, 0.29) is 5.75 Å². The molecule has 1 aromatic carbocycles. The van der Waals surface area contributed by atoms with Crippen LogP contribution in [0.15, 0.2) is 42.5 Å². The lowest BCUT2D eigenvalue weighted by atomic mass is 10.2. The smallest absolute Gasteiger partial charge is 0.218 e. The zero-order chi connectivity index (χ0) is 19.4. The molecule has 28 heavy (non-hydrogen) atoms. The number of morpholine rings is 1. The third kappa shape index (κ3) is 4.43. The van der Waals surface area contributed by atoms with Crippen molar-refractivity contribution in [3.63, 3.8) is 0 Å². The van der Waals surface area contributed by atoms with Crippen molar-refractivity contribution < 1.29 is 13.2 Å². The van der Waals surface area contributed by atoms with E-state index in [1.807, 2.05) is 42.5 Å². The third-order valence-electron chi connectivity index (χ3n) is 5.12. The predicted octanol–water partition coefficient (Wildman–Crippen LogP) is 0.965. The average Bonchev–Trinajstić information content (AvgIpc) is 2.75. The van der Waals surface area contributed by atoms with E-state index in [0.717, 1.165) is 30.3 Å². The molecule has 0 saturated carbocycles. The van der Waals surface area contributed by atoms with Crippen molar-refractivity contribution in [2.45, 2.75) is 5.75 Å². The van der Waals surface area contributed by atoms with Crippen LogP contribution in [0.3, 0.4) is 0 Å². The molecule has 0 N–H and O–H groups in total. The Labute approximate surface area is 165 Å². The largest absolute Gasteiger partial charge is 0.378 e. The molecule has 1 aromatic heterocycles. The fourth-order valence-electron chi connectivity index (χ4n) is 3.52. The summed E-state index contributed by atoms with van der Waals surface area (Å²) < 4.78 is 32.3. The molecule has 0 bridgehead atoms. The van der Waals surface area contributed by atoms with Crippen molar-refractivity contribution in [3.8, 4) is 0 Å². The monoisotopic (exact) mass is 403 g/mol. The van der Waals surface area contributed by atoms with Gasteiger partial charge in [0.25, 0.3) is 0 Å². The van der Waals surface area contributed by atoms with Gasteiger partial charge in [-0.1, -0.05) is 30.3 Å². The molecular weight excluding hydrogens is 378 g/mol. The molecule has 8 nitrogen and oxygen atoms in total. The molecule has 0 atom stereocenters. The minimum atomic E-state index is -3.31. The van der Waals surface area contributed by atoms with Crippen LogP contribution in [0.25, 0.3) is 0 Å². The fraction of sp³-hybridized carbons (Fsp3) is 0.474. The first kappa shape index (κ1) is 19.1. The number of nitrogens with zero attached hydrogens (tertiary/aromatic N) is 5. The van der Waals surface area contributed by atoms with Crippen molar-refractivity contribution in [1.29, 1.82) is 0 Å². The van der Waals surface area contributed by atoms with Gasteiger partial charge in [-0.25, -0.2) is 8.42 Å². The van der Waals surface area contributed by atoms with Crippen LogP contribution in [0.5, 0.6) is 0 Å². The summed E-state index contributed by atoms with van der Waals surface area (Å²) in [6, 6.07) is 13.3. The highest BCUT2D eigenvalue weighted by Crippen LogP contribution is 2.19. The standard InChI is InChI=1S/C19H25N5O3S/c25-28(26,16-17-4-2-1-3-5-17)24-10-8-22(9-11-24)18-6-7-19(21-20-18)23-12-14-27-15-13-23/h1-7H,8-16H2. The summed E-state index contributed by atoms with van der Waals surface area (Å²) in [6.45, 7) is 5.22. The number of ether oxygens (including phenoxy) is 1. The minimum absolute atomic E-state index is 0.0435. The maximum absolute atomic E-state index is 12.7. The molecule has 0 radical (unpaired) electrons. The van der Waals surface area contributed by atoms with Gasteiger partial charge in [0.05, 0.1) is 19.0 Å². The van der Waals surface area contributed by atoms with Crippen molar-refractivity contribution in [3.05, 3.63) is 48.0 Å². The van der Waals surface area contributed by atoms with E-state index in [9.17, 15) is 8.42 Å². The van der Waals surface area contributed by atoms with Crippen LogP contribution >= 0.6 is 0 Å². The Hall–Kier alpha value is -2.23. The molecular formula is C19H25N5O3S. The number of hydrogen-bond donors (Lipinski definition) is 0.